The number of aldehydes is 1. The van der Waals surface area contributed by atoms with Gasteiger partial charge in [-0.3, -0.25) is 4.79 Å². The third kappa shape index (κ3) is 6.51. The van der Waals surface area contributed by atoms with Crippen LogP contribution < -0.4 is 15.0 Å². The van der Waals surface area contributed by atoms with Crippen LogP contribution in [-0.4, -0.2) is 24.8 Å². The highest BCUT2D eigenvalue weighted by Gasteiger charge is 2.34. The Hall–Kier alpha value is -2.90. The lowest BCUT2D eigenvalue weighted by Crippen LogP contribution is -2.35. The predicted molar refractivity (Wildman–Crippen MR) is 155 cm³/mol. The fourth-order valence-electron chi connectivity index (χ4n) is 4.42. The average molecular weight is 537 g/mol. The highest BCUT2D eigenvalue weighted by Crippen LogP contribution is 2.49. The van der Waals surface area contributed by atoms with Crippen molar-refractivity contribution in [3.63, 3.8) is 0 Å². The molecule has 0 unspecified atom stereocenters. The van der Waals surface area contributed by atoms with E-state index in [0.717, 1.165) is 64.8 Å². The molecule has 3 aromatic carbocycles. The Morgan fingerprint density at radius 3 is 2.51 bits per heavy atom. The molecule has 0 aromatic heterocycles. The van der Waals surface area contributed by atoms with E-state index in [1.165, 1.54) is 17.3 Å². The van der Waals surface area contributed by atoms with Crippen molar-refractivity contribution >= 4 is 46.9 Å². The summed E-state index contributed by atoms with van der Waals surface area (Å²) in [7, 11) is 0. The second kappa shape index (κ2) is 12.6. The van der Waals surface area contributed by atoms with Crippen molar-refractivity contribution in [3.8, 4) is 5.75 Å². The highest BCUT2D eigenvalue weighted by molar-refractivity contribution is 7.99. The van der Waals surface area contributed by atoms with Gasteiger partial charge in [0, 0.05) is 35.1 Å². The van der Waals surface area contributed by atoms with Crippen molar-refractivity contribution in [1.29, 1.82) is 0 Å². The summed E-state index contributed by atoms with van der Waals surface area (Å²) in [5, 5.41) is 3.51. The number of nitrogens with one attached hydrogen (secondary N) is 1. The molecule has 3 aromatic rings. The number of carbonyl (C=O) groups excluding carboxylic acids is 1. The van der Waals surface area contributed by atoms with Crippen molar-refractivity contribution in [2.24, 2.45) is 5.41 Å². The lowest BCUT2D eigenvalue weighted by Gasteiger charge is -2.36. The number of fused-ring (bicyclic) bond motifs is 1. The minimum atomic E-state index is -0.937. The molecule has 0 spiro atoms. The molecule has 1 heterocycles. The van der Waals surface area contributed by atoms with Crippen LogP contribution in [0.4, 0.5) is 21.5 Å². The Balaban J connectivity index is 1.67. The number of nitrogens with zero attached hydrogens (tertiary/aromatic N) is 1. The molecule has 7 heteroatoms. The van der Waals surface area contributed by atoms with E-state index in [1.54, 1.807) is 0 Å². The van der Waals surface area contributed by atoms with Crippen LogP contribution in [0.1, 0.15) is 32.3 Å². The summed E-state index contributed by atoms with van der Waals surface area (Å²) in [4.78, 5) is 15.1. The highest BCUT2D eigenvalue weighted by atomic mass is 32.2. The largest absolute Gasteiger partial charge is 0.461 e. The molecule has 0 aliphatic carbocycles. The third-order valence-electron chi connectivity index (χ3n) is 6.99. The van der Waals surface area contributed by atoms with Crippen LogP contribution in [0.15, 0.2) is 88.6 Å². The second-order valence-corrected chi connectivity index (χ2v) is 11.0. The summed E-state index contributed by atoms with van der Waals surface area (Å²) < 4.78 is 19.0. The summed E-state index contributed by atoms with van der Waals surface area (Å²) in [5.74, 6) is 0.599. The van der Waals surface area contributed by atoms with Gasteiger partial charge in [-0.05, 0) is 66.5 Å². The molecule has 4 nitrogen and oxygen atoms in total. The van der Waals surface area contributed by atoms with E-state index in [9.17, 15) is 9.18 Å². The summed E-state index contributed by atoms with van der Waals surface area (Å²) in [6.07, 6.45) is 5.14. The topological polar surface area (TPSA) is 41.6 Å². The van der Waals surface area contributed by atoms with Crippen molar-refractivity contribution < 1.29 is 13.9 Å². The van der Waals surface area contributed by atoms with E-state index >= 15 is 0 Å². The standard InChI is InChI=1S/C30H33FN2O2S2/c1-4-30(5-2)20-33(25-13-11-24(12-14-25)32-17-22-9-7-6-8-10-22)26-15-29(36-3)27(16-28(26)37-21-30)35-19-23(31)18-34/h6-16,18-19,32H,4-5,17,20-21H2,1-3H3/b23-19-. The zero-order valence-corrected chi connectivity index (χ0v) is 23.1. The van der Waals surface area contributed by atoms with Gasteiger partial charge in [0.05, 0.1) is 10.6 Å². The van der Waals surface area contributed by atoms with Crippen LogP contribution in [0, 0.1) is 5.41 Å². The van der Waals surface area contributed by atoms with E-state index in [2.05, 4.69) is 78.7 Å². The maximum absolute atomic E-state index is 13.5. The number of ether oxygens (including phenoxy) is 1. The number of carbonyl (C=O) groups is 1. The molecule has 0 atom stereocenters. The van der Waals surface area contributed by atoms with Gasteiger partial charge in [0.1, 0.15) is 12.0 Å². The van der Waals surface area contributed by atoms with Gasteiger partial charge in [-0.25, -0.2) is 0 Å². The van der Waals surface area contributed by atoms with Crippen molar-refractivity contribution in [3.05, 3.63) is 84.4 Å². The van der Waals surface area contributed by atoms with Crippen molar-refractivity contribution in [1.82, 2.24) is 0 Å². The van der Waals surface area contributed by atoms with E-state index in [4.69, 9.17) is 4.74 Å². The number of thioether (sulfide) groups is 2. The number of hydrogen-bond acceptors (Lipinski definition) is 6. The van der Waals surface area contributed by atoms with Gasteiger partial charge in [-0.15, -0.1) is 23.5 Å². The van der Waals surface area contributed by atoms with Crippen LogP contribution in [-0.2, 0) is 11.3 Å². The number of allylic oxidation sites excluding steroid dienone is 1. The Morgan fingerprint density at radius 1 is 1.14 bits per heavy atom. The van der Waals surface area contributed by atoms with Gasteiger partial charge < -0.3 is 15.0 Å². The smallest absolute Gasteiger partial charge is 0.197 e. The summed E-state index contributed by atoms with van der Waals surface area (Å²) >= 11 is 3.36. The lowest BCUT2D eigenvalue weighted by molar-refractivity contribution is -0.106. The second-order valence-electron chi connectivity index (χ2n) is 9.18. The van der Waals surface area contributed by atoms with Gasteiger partial charge >= 0.3 is 0 Å². The number of hydrogen-bond donors (Lipinski definition) is 1. The fourth-order valence-corrected chi connectivity index (χ4v) is 6.43. The monoisotopic (exact) mass is 536 g/mol. The van der Waals surface area contributed by atoms with E-state index < -0.39 is 5.83 Å². The maximum Gasteiger partial charge on any atom is 0.197 e. The van der Waals surface area contributed by atoms with Crippen LogP contribution in [0.2, 0.25) is 0 Å². The molecule has 1 N–H and O–H groups in total. The molecule has 0 amide bonds. The van der Waals surface area contributed by atoms with Gasteiger partial charge in [0.2, 0.25) is 0 Å². The number of benzene rings is 3. The SMILES string of the molecule is CCC1(CC)CSc2cc(O/C=C(\F)C=O)c(SC)cc2N(c2ccc(NCc3ccccc3)cc2)C1. The van der Waals surface area contributed by atoms with Gasteiger partial charge in [-0.2, -0.15) is 4.39 Å². The van der Waals surface area contributed by atoms with Crippen LogP contribution in [0.25, 0.3) is 0 Å². The zero-order chi connectivity index (χ0) is 26.3. The molecule has 1 aliphatic rings. The lowest BCUT2D eigenvalue weighted by atomic mass is 9.83. The van der Waals surface area contributed by atoms with Crippen LogP contribution in [0.3, 0.4) is 0 Å². The molecule has 4 rings (SSSR count). The number of rotatable bonds is 10. The molecule has 194 valence electrons. The normalized spacial score (nSPS) is 15.0. The van der Waals surface area contributed by atoms with Gasteiger partial charge in [0.15, 0.2) is 12.1 Å². The van der Waals surface area contributed by atoms with Crippen molar-refractivity contribution in [2.45, 2.75) is 43.0 Å². The number of anilines is 3. The molecule has 0 fully saturated rings. The molecule has 0 radical (unpaired) electrons. The third-order valence-corrected chi connectivity index (χ3v) is 9.15. The first kappa shape index (κ1) is 27.1. The first-order valence-corrected chi connectivity index (χ1v) is 14.7. The Morgan fingerprint density at radius 2 is 1.86 bits per heavy atom. The average Bonchev–Trinajstić information content (AvgIpc) is 3.12. The molecule has 1 aliphatic heterocycles. The van der Waals surface area contributed by atoms with Gasteiger partial charge in [-0.1, -0.05) is 44.2 Å². The van der Waals surface area contributed by atoms with E-state index in [-0.39, 0.29) is 11.7 Å². The van der Waals surface area contributed by atoms with E-state index in [1.807, 2.05) is 30.2 Å². The zero-order valence-electron chi connectivity index (χ0n) is 21.5. The quantitative estimate of drug-likeness (QED) is 0.121. The Bertz CT molecular complexity index is 1230. The van der Waals surface area contributed by atoms with Crippen molar-refractivity contribution in [2.75, 3.05) is 28.8 Å². The van der Waals surface area contributed by atoms with Crippen LogP contribution in [0.5, 0.6) is 5.75 Å². The van der Waals surface area contributed by atoms with Crippen LogP contribution >= 0.6 is 23.5 Å². The molecular formula is C30H33FN2O2S2. The molecular weight excluding hydrogens is 503 g/mol. The predicted octanol–water partition coefficient (Wildman–Crippen LogP) is 8.46. The Kier molecular flexibility index (Phi) is 9.22. The minimum absolute atomic E-state index is 0.147. The Labute approximate surface area is 227 Å². The minimum Gasteiger partial charge on any atom is -0.461 e. The fraction of sp³-hybridized carbons (Fsp3) is 0.300. The summed E-state index contributed by atoms with van der Waals surface area (Å²) in [6, 6.07) is 23.1. The molecule has 0 saturated heterocycles. The maximum atomic E-state index is 13.5. The molecule has 0 bridgehead atoms. The summed E-state index contributed by atoms with van der Waals surface area (Å²) in [5.41, 5.74) is 4.72. The molecule has 0 saturated carbocycles. The molecule has 37 heavy (non-hydrogen) atoms. The first-order chi connectivity index (χ1) is 18.0. The number of halogens is 1. The summed E-state index contributed by atoms with van der Waals surface area (Å²) in [6.45, 7) is 6.22. The first-order valence-electron chi connectivity index (χ1n) is 12.5. The van der Waals surface area contributed by atoms with E-state index in [0.29, 0.717) is 5.75 Å². The van der Waals surface area contributed by atoms with Gasteiger partial charge in [0.25, 0.3) is 0 Å².